The molecule has 0 radical (unpaired) electrons. The van der Waals surface area contributed by atoms with Gasteiger partial charge >= 0.3 is 5.97 Å². The Hall–Kier alpha value is -2.71. The van der Waals surface area contributed by atoms with Crippen molar-refractivity contribution in [3.8, 4) is 11.5 Å². The fourth-order valence-electron chi connectivity index (χ4n) is 3.90. The number of ketones is 1. The van der Waals surface area contributed by atoms with Gasteiger partial charge in [-0.1, -0.05) is 19.9 Å². The first kappa shape index (κ1) is 23.0. The standard InChI is InChI=1S/C23H27NO6S/c1-15-10-16(2)14-24(13-15)31(27,28)20-7-5-6-18(11-20)23(26)30-22-12-19(29-4)8-9-21(22)17(3)25/h5-9,11-12,15-16H,10,13-14H2,1-4H3/t15-,16-/m0/s1. The lowest BCUT2D eigenvalue weighted by Crippen LogP contribution is -2.42. The van der Waals surface area contributed by atoms with E-state index in [1.165, 1.54) is 54.7 Å². The summed E-state index contributed by atoms with van der Waals surface area (Å²) in [6.45, 7) is 6.34. The highest BCUT2D eigenvalue weighted by Gasteiger charge is 2.32. The van der Waals surface area contributed by atoms with Crippen LogP contribution in [0.3, 0.4) is 0 Å². The van der Waals surface area contributed by atoms with Gasteiger partial charge in [-0.25, -0.2) is 13.2 Å². The zero-order valence-corrected chi connectivity index (χ0v) is 18.9. The van der Waals surface area contributed by atoms with E-state index in [0.29, 0.717) is 18.8 Å². The molecule has 2 aromatic rings. The smallest absolute Gasteiger partial charge is 0.343 e. The summed E-state index contributed by atoms with van der Waals surface area (Å²) >= 11 is 0. The predicted molar refractivity (Wildman–Crippen MR) is 116 cm³/mol. The second-order valence-corrected chi connectivity index (χ2v) is 10.0. The second-order valence-electron chi connectivity index (χ2n) is 8.10. The minimum absolute atomic E-state index is 0.0423. The van der Waals surface area contributed by atoms with E-state index in [9.17, 15) is 18.0 Å². The number of Topliss-reactive ketones (excluding diaryl/α,β-unsaturated/α-hetero) is 1. The number of benzene rings is 2. The quantitative estimate of drug-likeness (QED) is 0.382. The van der Waals surface area contributed by atoms with Crippen molar-refractivity contribution in [3.63, 3.8) is 0 Å². The third kappa shape index (κ3) is 5.14. The molecule has 1 aliphatic rings. The molecule has 0 bridgehead atoms. The molecule has 1 saturated heterocycles. The molecule has 0 unspecified atom stereocenters. The second kappa shape index (κ2) is 9.20. The first-order valence-electron chi connectivity index (χ1n) is 10.1. The molecule has 2 aromatic carbocycles. The van der Waals surface area contributed by atoms with Gasteiger partial charge < -0.3 is 9.47 Å². The number of ether oxygens (including phenoxy) is 2. The highest BCUT2D eigenvalue weighted by molar-refractivity contribution is 7.89. The average molecular weight is 446 g/mol. The number of hydrogen-bond acceptors (Lipinski definition) is 6. The summed E-state index contributed by atoms with van der Waals surface area (Å²) < 4.78 is 38.4. The number of nitrogens with zero attached hydrogens (tertiary/aromatic N) is 1. The molecule has 0 aromatic heterocycles. The molecule has 0 aliphatic carbocycles. The van der Waals surface area contributed by atoms with E-state index in [-0.39, 0.29) is 39.4 Å². The van der Waals surface area contributed by atoms with Gasteiger partial charge in [-0.05, 0) is 55.5 Å². The van der Waals surface area contributed by atoms with E-state index in [1.54, 1.807) is 6.07 Å². The molecule has 1 heterocycles. The van der Waals surface area contributed by atoms with Crippen molar-refractivity contribution in [2.45, 2.75) is 32.1 Å². The summed E-state index contributed by atoms with van der Waals surface area (Å²) in [5, 5.41) is 0. The molecule has 2 atom stereocenters. The molecule has 8 heteroatoms. The van der Waals surface area contributed by atoms with Gasteiger partial charge in [0.05, 0.1) is 23.1 Å². The highest BCUT2D eigenvalue weighted by atomic mass is 32.2. The van der Waals surface area contributed by atoms with Gasteiger partial charge in [0.1, 0.15) is 11.5 Å². The fraction of sp³-hybridized carbons (Fsp3) is 0.391. The Bertz CT molecular complexity index is 1080. The van der Waals surface area contributed by atoms with E-state index in [0.717, 1.165) is 6.42 Å². The van der Waals surface area contributed by atoms with Gasteiger partial charge in [-0.2, -0.15) is 4.31 Å². The molecule has 31 heavy (non-hydrogen) atoms. The molecular weight excluding hydrogens is 418 g/mol. The minimum Gasteiger partial charge on any atom is -0.497 e. The van der Waals surface area contributed by atoms with Gasteiger partial charge in [0.25, 0.3) is 0 Å². The Balaban J connectivity index is 1.88. The van der Waals surface area contributed by atoms with Crippen LogP contribution in [0, 0.1) is 11.8 Å². The summed E-state index contributed by atoms with van der Waals surface area (Å²) in [4.78, 5) is 24.7. The summed E-state index contributed by atoms with van der Waals surface area (Å²) in [5.41, 5.74) is 0.311. The molecule has 0 N–H and O–H groups in total. The van der Waals surface area contributed by atoms with Crippen LogP contribution in [-0.2, 0) is 10.0 Å². The molecule has 7 nitrogen and oxygen atoms in total. The first-order chi connectivity index (χ1) is 14.6. The number of methoxy groups -OCH3 is 1. The van der Waals surface area contributed by atoms with Gasteiger partial charge in [-0.3, -0.25) is 4.79 Å². The van der Waals surface area contributed by atoms with Crippen molar-refractivity contribution in [1.29, 1.82) is 0 Å². The summed E-state index contributed by atoms with van der Waals surface area (Å²) in [6, 6.07) is 10.4. The average Bonchev–Trinajstić information content (AvgIpc) is 2.72. The van der Waals surface area contributed by atoms with Gasteiger partial charge in [0.15, 0.2) is 5.78 Å². The number of esters is 1. The van der Waals surface area contributed by atoms with Crippen molar-refractivity contribution >= 4 is 21.8 Å². The minimum atomic E-state index is -3.74. The van der Waals surface area contributed by atoms with Crippen molar-refractivity contribution in [1.82, 2.24) is 4.31 Å². The number of sulfonamides is 1. The lowest BCUT2D eigenvalue weighted by atomic mass is 9.94. The zero-order valence-electron chi connectivity index (χ0n) is 18.1. The van der Waals surface area contributed by atoms with Crippen LogP contribution in [0.1, 0.15) is 47.9 Å². The molecule has 1 fully saturated rings. The molecule has 166 valence electrons. The van der Waals surface area contributed by atoms with Crippen LogP contribution >= 0.6 is 0 Å². The highest BCUT2D eigenvalue weighted by Crippen LogP contribution is 2.28. The maximum Gasteiger partial charge on any atom is 0.343 e. The number of rotatable bonds is 6. The largest absolute Gasteiger partial charge is 0.497 e. The molecule has 0 spiro atoms. The third-order valence-electron chi connectivity index (χ3n) is 5.31. The van der Waals surface area contributed by atoms with Gasteiger partial charge in [-0.15, -0.1) is 0 Å². The summed E-state index contributed by atoms with van der Waals surface area (Å²) in [6.07, 6.45) is 0.984. The lowest BCUT2D eigenvalue weighted by Gasteiger charge is -2.34. The molecule has 0 saturated carbocycles. The Kier molecular flexibility index (Phi) is 6.81. The summed E-state index contributed by atoms with van der Waals surface area (Å²) in [5.74, 6) is -0.000897. The van der Waals surface area contributed by atoms with Crippen LogP contribution in [0.15, 0.2) is 47.4 Å². The van der Waals surface area contributed by atoms with Crippen LogP contribution in [0.4, 0.5) is 0 Å². The van der Waals surface area contributed by atoms with E-state index < -0.39 is 16.0 Å². The van der Waals surface area contributed by atoms with Gasteiger partial charge in [0, 0.05) is 19.2 Å². The van der Waals surface area contributed by atoms with Gasteiger partial charge in [0.2, 0.25) is 10.0 Å². The Morgan fingerprint density at radius 2 is 1.71 bits per heavy atom. The Morgan fingerprint density at radius 1 is 1.03 bits per heavy atom. The normalized spacial score (nSPS) is 19.6. The van der Waals surface area contributed by atoms with Crippen molar-refractivity contribution in [2.24, 2.45) is 11.8 Å². The fourth-order valence-corrected chi connectivity index (χ4v) is 5.62. The maximum atomic E-state index is 13.2. The predicted octanol–water partition coefficient (Wildman–Crippen LogP) is 3.78. The van der Waals surface area contributed by atoms with E-state index in [1.807, 2.05) is 13.8 Å². The zero-order chi connectivity index (χ0) is 22.8. The Labute approximate surface area is 183 Å². The lowest BCUT2D eigenvalue weighted by molar-refractivity contribution is 0.0732. The topological polar surface area (TPSA) is 90.0 Å². The van der Waals surface area contributed by atoms with Crippen LogP contribution in [0.25, 0.3) is 0 Å². The molecule has 1 aliphatic heterocycles. The van der Waals surface area contributed by atoms with Crippen LogP contribution < -0.4 is 9.47 Å². The SMILES string of the molecule is COc1ccc(C(C)=O)c(OC(=O)c2cccc(S(=O)(=O)N3C[C@@H](C)C[C@H](C)C3)c2)c1. The number of hydrogen-bond donors (Lipinski definition) is 0. The number of piperidine rings is 1. The maximum absolute atomic E-state index is 13.2. The van der Waals surface area contributed by atoms with E-state index in [4.69, 9.17) is 9.47 Å². The van der Waals surface area contributed by atoms with Crippen molar-refractivity contribution in [2.75, 3.05) is 20.2 Å². The van der Waals surface area contributed by atoms with E-state index >= 15 is 0 Å². The van der Waals surface area contributed by atoms with Crippen LogP contribution in [-0.4, -0.2) is 44.7 Å². The number of carbonyl (C=O) groups excluding carboxylic acids is 2. The van der Waals surface area contributed by atoms with Crippen LogP contribution in [0.2, 0.25) is 0 Å². The monoisotopic (exact) mass is 445 g/mol. The third-order valence-corrected chi connectivity index (χ3v) is 7.14. The molecule has 3 rings (SSSR count). The van der Waals surface area contributed by atoms with Crippen molar-refractivity contribution in [3.05, 3.63) is 53.6 Å². The molecule has 0 amide bonds. The first-order valence-corrected chi connectivity index (χ1v) is 11.6. The van der Waals surface area contributed by atoms with Crippen LogP contribution in [0.5, 0.6) is 11.5 Å². The Morgan fingerprint density at radius 3 is 2.32 bits per heavy atom. The number of carbonyl (C=O) groups is 2. The molecular formula is C23H27NO6S. The van der Waals surface area contributed by atoms with E-state index in [2.05, 4.69) is 0 Å². The summed E-state index contributed by atoms with van der Waals surface area (Å²) in [7, 11) is -2.27. The van der Waals surface area contributed by atoms with Crippen molar-refractivity contribution < 1.29 is 27.5 Å².